The topological polar surface area (TPSA) is 34.1 Å². The summed E-state index contributed by atoms with van der Waals surface area (Å²) in [5.41, 5.74) is 2.49. The Kier molecular flexibility index (Phi) is 4.40. The molecule has 0 fully saturated rings. The summed E-state index contributed by atoms with van der Waals surface area (Å²) < 4.78 is 0. The van der Waals surface area contributed by atoms with Crippen LogP contribution in [0.1, 0.15) is 21.5 Å². The van der Waals surface area contributed by atoms with Gasteiger partial charge in [0, 0.05) is 12.0 Å². The Hall–Kier alpha value is -2.48. The maximum absolute atomic E-state index is 11.9. The minimum Gasteiger partial charge on any atom is -0.303 e. The first-order valence-corrected chi connectivity index (χ1v) is 6.10. The second-order valence-electron chi connectivity index (χ2n) is 4.13. The third-order valence-electron chi connectivity index (χ3n) is 2.83. The maximum Gasteiger partial charge on any atom is 0.185 e. The van der Waals surface area contributed by atoms with Crippen LogP contribution in [-0.2, 0) is 11.2 Å². The first kappa shape index (κ1) is 13.0. The van der Waals surface area contributed by atoms with Crippen molar-refractivity contribution in [2.45, 2.75) is 6.42 Å². The Morgan fingerprint density at radius 1 is 0.947 bits per heavy atom. The van der Waals surface area contributed by atoms with Crippen molar-refractivity contribution < 1.29 is 9.59 Å². The molecule has 94 valence electrons. The summed E-state index contributed by atoms with van der Waals surface area (Å²) in [5.74, 6) is -0.0403. The molecule has 0 radical (unpaired) electrons. The van der Waals surface area contributed by atoms with Crippen molar-refractivity contribution in [3.8, 4) is 0 Å². The van der Waals surface area contributed by atoms with Crippen molar-refractivity contribution in [3.63, 3.8) is 0 Å². The van der Waals surface area contributed by atoms with Gasteiger partial charge in [0.15, 0.2) is 5.78 Å². The Morgan fingerprint density at radius 2 is 1.63 bits per heavy atom. The molecule has 2 rings (SSSR count). The zero-order valence-corrected chi connectivity index (χ0v) is 10.5. The highest BCUT2D eigenvalue weighted by molar-refractivity contribution is 6.06. The molecule has 0 amide bonds. The molecule has 0 aliphatic carbocycles. The molecule has 0 saturated heterocycles. The summed E-state index contributed by atoms with van der Waals surface area (Å²) in [6.45, 7) is 0. The van der Waals surface area contributed by atoms with Gasteiger partial charge >= 0.3 is 0 Å². The number of rotatable bonds is 5. The first-order valence-electron chi connectivity index (χ1n) is 6.10. The van der Waals surface area contributed by atoms with E-state index >= 15 is 0 Å². The van der Waals surface area contributed by atoms with Crippen LogP contribution >= 0.6 is 0 Å². The van der Waals surface area contributed by atoms with Gasteiger partial charge in [0.05, 0.1) is 0 Å². The zero-order valence-electron chi connectivity index (χ0n) is 10.5. The molecule has 2 aromatic carbocycles. The lowest BCUT2D eigenvalue weighted by atomic mass is 10.0. The van der Waals surface area contributed by atoms with Crippen LogP contribution in [0.15, 0.2) is 60.7 Å². The lowest BCUT2D eigenvalue weighted by Crippen LogP contribution is -1.94. The predicted molar refractivity (Wildman–Crippen MR) is 76.0 cm³/mol. The Labute approximate surface area is 112 Å². The van der Waals surface area contributed by atoms with Gasteiger partial charge in [-0.1, -0.05) is 60.7 Å². The van der Waals surface area contributed by atoms with E-state index < -0.39 is 0 Å². The number of aldehydes is 1. The summed E-state index contributed by atoms with van der Waals surface area (Å²) in [6, 6.07) is 16.7. The summed E-state index contributed by atoms with van der Waals surface area (Å²) in [5, 5.41) is 0. The van der Waals surface area contributed by atoms with E-state index in [1.807, 2.05) is 42.5 Å². The highest BCUT2D eigenvalue weighted by atomic mass is 16.1. The molecule has 2 heteroatoms. The van der Waals surface area contributed by atoms with Crippen molar-refractivity contribution in [2.75, 3.05) is 0 Å². The molecule has 19 heavy (non-hydrogen) atoms. The van der Waals surface area contributed by atoms with Crippen molar-refractivity contribution in [1.82, 2.24) is 0 Å². The average Bonchev–Trinajstić information content (AvgIpc) is 2.47. The smallest absolute Gasteiger partial charge is 0.185 e. The first-order chi connectivity index (χ1) is 9.31. The molecule has 0 aliphatic rings. The van der Waals surface area contributed by atoms with E-state index in [4.69, 9.17) is 0 Å². The molecule has 2 nitrogen and oxygen atoms in total. The van der Waals surface area contributed by atoms with E-state index in [1.165, 1.54) is 0 Å². The zero-order chi connectivity index (χ0) is 13.5. The van der Waals surface area contributed by atoms with Crippen molar-refractivity contribution in [3.05, 3.63) is 77.4 Å². The third kappa shape index (κ3) is 3.49. The van der Waals surface area contributed by atoms with Gasteiger partial charge in [-0.3, -0.25) is 4.79 Å². The predicted octanol–water partition coefficient (Wildman–Crippen LogP) is 3.32. The summed E-state index contributed by atoms with van der Waals surface area (Å²) in [7, 11) is 0. The molecule has 0 heterocycles. The number of hydrogen-bond acceptors (Lipinski definition) is 2. The third-order valence-corrected chi connectivity index (χ3v) is 2.83. The van der Waals surface area contributed by atoms with E-state index in [2.05, 4.69) is 0 Å². The van der Waals surface area contributed by atoms with Crippen LogP contribution in [-0.4, -0.2) is 12.1 Å². The van der Waals surface area contributed by atoms with Crippen LogP contribution in [0.2, 0.25) is 0 Å². The van der Waals surface area contributed by atoms with Crippen molar-refractivity contribution in [1.29, 1.82) is 0 Å². The monoisotopic (exact) mass is 250 g/mol. The van der Waals surface area contributed by atoms with Gasteiger partial charge in [-0.05, 0) is 17.2 Å². The molecule has 0 aliphatic heterocycles. The molecule has 0 bridgehead atoms. The van der Waals surface area contributed by atoms with Crippen LogP contribution in [0, 0.1) is 0 Å². The molecule has 0 saturated carbocycles. The van der Waals surface area contributed by atoms with Crippen LogP contribution in [0.25, 0.3) is 6.08 Å². The van der Waals surface area contributed by atoms with Gasteiger partial charge in [0.25, 0.3) is 0 Å². The minimum absolute atomic E-state index is 0.0403. The van der Waals surface area contributed by atoms with Crippen molar-refractivity contribution >= 4 is 18.1 Å². The highest BCUT2D eigenvalue weighted by Crippen LogP contribution is 2.11. The molecule has 0 N–H and O–H groups in total. The molecular weight excluding hydrogens is 236 g/mol. The standard InChI is InChI=1S/C17H14O2/c18-13-12-15-7-5-4-6-14(15)10-11-17(19)16-8-2-1-3-9-16/h1-11,13H,12H2/b11-10+. The summed E-state index contributed by atoms with van der Waals surface area (Å²) in [4.78, 5) is 22.5. The van der Waals surface area contributed by atoms with Crippen LogP contribution in [0.5, 0.6) is 0 Å². The minimum atomic E-state index is -0.0403. The number of carbonyl (C=O) groups is 2. The fourth-order valence-corrected chi connectivity index (χ4v) is 1.84. The SMILES string of the molecule is O=CCc1ccccc1/C=C/C(=O)c1ccccc1. The normalized spacial score (nSPS) is 10.5. The Balaban J connectivity index is 2.19. The largest absolute Gasteiger partial charge is 0.303 e. The molecular formula is C17H14O2. The fourth-order valence-electron chi connectivity index (χ4n) is 1.84. The van der Waals surface area contributed by atoms with Gasteiger partial charge in [0.2, 0.25) is 0 Å². The van der Waals surface area contributed by atoms with Crippen molar-refractivity contribution in [2.24, 2.45) is 0 Å². The van der Waals surface area contributed by atoms with Gasteiger partial charge in [-0.15, -0.1) is 0 Å². The lowest BCUT2D eigenvalue weighted by Gasteiger charge is -2.01. The lowest BCUT2D eigenvalue weighted by molar-refractivity contribution is -0.107. The Bertz CT molecular complexity index is 598. The molecule has 0 aromatic heterocycles. The molecule has 0 spiro atoms. The summed E-state index contributed by atoms with van der Waals surface area (Å²) in [6.07, 6.45) is 4.53. The number of carbonyl (C=O) groups excluding carboxylic acids is 2. The molecule has 0 unspecified atom stereocenters. The highest BCUT2D eigenvalue weighted by Gasteiger charge is 2.01. The quantitative estimate of drug-likeness (QED) is 0.463. The van der Waals surface area contributed by atoms with Gasteiger partial charge in [-0.25, -0.2) is 0 Å². The molecule has 2 aromatic rings. The van der Waals surface area contributed by atoms with E-state index in [9.17, 15) is 9.59 Å². The maximum atomic E-state index is 11.9. The van der Waals surface area contributed by atoms with E-state index in [0.29, 0.717) is 12.0 Å². The number of benzene rings is 2. The van der Waals surface area contributed by atoms with E-state index in [0.717, 1.165) is 17.4 Å². The van der Waals surface area contributed by atoms with Gasteiger partial charge in [0.1, 0.15) is 6.29 Å². The summed E-state index contributed by atoms with van der Waals surface area (Å²) >= 11 is 0. The average molecular weight is 250 g/mol. The second-order valence-corrected chi connectivity index (χ2v) is 4.13. The number of hydrogen-bond donors (Lipinski definition) is 0. The Morgan fingerprint density at radius 3 is 2.37 bits per heavy atom. The number of ketones is 1. The van der Waals surface area contributed by atoms with E-state index in [1.54, 1.807) is 24.3 Å². The van der Waals surface area contributed by atoms with Gasteiger partial charge in [-0.2, -0.15) is 0 Å². The van der Waals surface area contributed by atoms with Crippen LogP contribution in [0.4, 0.5) is 0 Å². The van der Waals surface area contributed by atoms with Crippen LogP contribution < -0.4 is 0 Å². The second kappa shape index (κ2) is 6.45. The van der Waals surface area contributed by atoms with E-state index in [-0.39, 0.29) is 5.78 Å². The van der Waals surface area contributed by atoms with Crippen LogP contribution in [0.3, 0.4) is 0 Å². The fraction of sp³-hybridized carbons (Fsp3) is 0.0588. The van der Waals surface area contributed by atoms with Gasteiger partial charge < -0.3 is 4.79 Å². The molecule has 0 atom stereocenters. The number of allylic oxidation sites excluding steroid dienone is 1.